The van der Waals surface area contributed by atoms with Gasteiger partial charge in [0.1, 0.15) is 17.7 Å². The fraction of sp³-hybridized carbons (Fsp3) is 0.357. The lowest BCUT2D eigenvalue weighted by Gasteiger charge is -2.33. The van der Waals surface area contributed by atoms with Crippen LogP contribution in [0.25, 0.3) is 0 Å². The second kappa shape index (κ2) is 5.04. The minimum Gasteiger partial charge on any atom is -0.315 e. The van der Waals surface area contributed by atoms with E-state index in [1.165, 1.54) is 0 Å². The Hall–Kier alpha value is -2.23. The number of nitrogens with zero attached hydrogens (tertiary/aromatic N) is 5. The fourth-order valence-electron chi connectivity index (χ4n) is 2.53. The van der Waals surface area contributed by atoms with Gasteiger partial charge in [0.2, 0.25) is 0 Å². The summed E-state index contributed by atoms with van der Waals surface area (Å²) in [5.41, 5.74) is 6.14. The van der Waals surface area contributed by atoms with E-state index in [1.54, 1.807) is 6.33 Å². The van der Waals surface area contributed by atoms with Gasteiger partial charge < -0.3 is 10.3 Å². The molecule has 6 nitrogen and oxygen atoms in total. The van der Waals surface area contributed by atoms with Crippen LogP contribution in [0.15, 0.2) is 36.7 Å². The largest absolute Gasteiger partial charge is 0.315 e. The first kappa shape index (κ1) is 12.8. The van der Waals surface area contributed by atoms with Crippen LogP contribution in [-0.4, -0.2) is 32.8 Å². The van der Waals surface area contributed by atoms with Crippen molar-refractivity contribution in [2.75, 3.05) is 13.1 Å². The first-order valence-corrected chi connectivity index (χ1v) is 6.56. The maximum Gasteiger partial charge on any atom is 0.147 e. The molecule has 1 aliphatic rings. The highest BCUT2D eigenvalue weighted by molar-refractivity contribution is 5.31. The number of nitrogens with two attached hydrogens (primary N) is 1. The van der Waals surface area contributed by atoms with Gasteiger partial charge in [-0.1, -0.05) is 30.3 Å². The van der Waals surface area contributed by atoms with Crippen molar-refractivity contribution < 1.29 is 0 Å². The summed E-state index contributed by atoms with van der Waals surface area (Å²) in [5.74, 6) is 0.921. The third kappa shape index (κ3) is 2.29. The molecule has 0 fully saturated rings. The standard InChI is InChI=1S/C14H16N6/c15-9-14(16,12-4-2-1-3-5-12)10-19-6-7-20-11-17-18-13(20)8-19/h1-5,11H,6-8,10,16H2. The summed E-state index contributed by atoms with van der Waals surface area (Å²) in [6.07, 6.45) is 1.74. The SMILES string of the molecule is N#CC(N)(CN1CCn2cnnc2C1)c1ccccc1. The molecule has 20 heavy (non-hydrogen) atoms. The first-order valence-electron chi connectivity index (χ1n) is 6.56. The summed E-state index contributed by atoms with van der Waals surface area (Å²) >= 11 is 0. The van der Waals surface area contributed by atoms with Crippen molar-refractivity contribution in [3.8, 4) is 6.07 Å². The molecule has 1 aromatic carbocycles. The molecule has 1 unspecified atom stereocenters. The lowest BCUT2D eigenvalue weighted by atomic mass is 9.92. The summed E-state index contributed by atoms with van der Waals surface area (Å²) in [6.45, 7) is 2.84. The van der Waals surface area contributed by atoms with E-state index in [-0.39, 0.29) is 0 Å². The van der Waals surface area contributed by atoms with Crippen LogP contribution in [0.2, 0.25) is 0 Å². The van der Waals surface area contributed by atoms with Crippen LogP contribution in [0.5, 0.6) is 0 Å². The number of nitriles is 1. The van der Waals surface area contributed by atoms with Crippen LogP contribution in [0.1, 0.15) is 11.4 Å². The summed E-state index contributed by atoms with van der Waals surface area (Å²) < 4.78 is 2.03. The fourth-order valence-corrected chi connectivity index (χ4v) is 2.53. The summed E-state index contributed by atoms with van der Waals surface area (Å²) in [5, 5.41) is 17.5. The van der Waals surface area contributed by atoms with Crippen molar-refractivity contribution in [2.24, 2.45) is 5.73 Å². The Bertz CT molecular complexity index is 629. The Kier molecular flexibility index (Phi) is 3.22. The Labute approximate surface area is 117 Å². The van der Waals surface area contributed by atoms with Gasteiger partial charge in [-0.25, -0.2) is 0 Å². The van der Waals surface area contributed by atoms with Crippen LogP contribution in [0.3, 0.4) is 0 Å². The molecule has 0 amide bonds. The predicted molar refractivity (Wildman–Crippen MR) is 73.2 cm³/mol. The van der Waals surface area contributed by atoms with Crippen molar-refractivity contribution in [2.45, 2.75) is 18.6 Å². The molecular formula is C14H16N6. The molecule has 1 aromatic heterocycles. The molecular weight excluding hydrogens is 252 g/mol. The Morgan fingerprint density at radius 1 is 1.30 bits per heavy atom. The normalized spacial score (nSPS) is 18.0. The molecule has 6 heteroatoms. The average molecular weight is 268 g/mol. The lowest BCUT2D eigenvalue weighted by molar-refractivity contribution is 0.187. The average Bonchev–Trinajstić information content (AvgIpc) is 2.95. The van der Waals surface area contributed by atoms with E-state index < -0.39 is 5.54 Å². The number of fused-ring (bicyclic) bond motifs is 1. The van der Waals surface area contributed by atoms with E-state index in [2.05, 4.69) is 21.2 Å². The summed E-state index contributed by atoms with van der Waals surface area (Å²) in [6, 6.07) is 11.8. The summed E-state index contributed by atoms with van der Waals surface area (Å²) in [7, 11) is 0. The topological polar surface area (TPSA) is 83.8 Å². The zero-order chi connectivity index (χ0) is 14.0. The van der Waals surface area contributed by atoms with Crippen LogP contribution < -0.4 is 5.73 Å². The van der Waals surface area contributed by atoms with E-state index in [0.717, 1.165) is 24.5 Å². The summed E-state index contributed by atoms with van der Waals surface area (Å²) in [4.78, 5) is 2.15. The minimum absolute atomic E-state index is 0.486. The van der Waals surface area contributed by atoms with E-state index in [9.17, 15) is 5.26 Å². The number of hydrogen-bond acceptors (Lipinski definition) is 5. The minimum atomic E-state index is -0.997. The molecule has 0 spiro atoms. The van der Waals surface area contributed by atoms with E-state index in [0.29, 0.717) is 13.1 Å². The van der Waals surface area contributed by atoms with Gasteiger partial charge in [-0.2, -0.15) is 5.26 Å². The maximum absolute atomic E-state index is 9.49. The van der Waals surface area contributed by atoms with Crippen molar-refractivity contribution in [3.63, 3.8) is 0 Å². The van der Waals surface area contributed by atoms with Gasteiger partial charge in [0.25, 0.3) is 0 Å². The Balaban J connectivity index is 1.78. The van der Waals surface area contributed by atoms with E-state index >= 15 is 0 Å². The number of aromatic nitrogens is 3. The van der Waals surface area contributed by atoms with Crippen molar-refractivity contribution in [3.05, 3.63) is 48.0 Å². The third-order valence-electron chi connectivity index (χ3n) is 3.68. The molecule has 0 radical (unpaired) electrons. The van der Waals surface area contributed by atoms with Gasteiger partial charge in [0, 0.05) is 19.6 Å². The molecule has 0 aliphatic carbocycles. The van der Waals surface area contributed by atoms with Crippen LogP contribution in [-0.2, 0) is 18.6 Å². The van der Waals surface area contributed by atoms with Crippen LogP contribution in [0.4, 0.5) is 0 Å². The predicted octanol–water partition coefficient (Wildman–Crippen LogP) is 0.471. The molecule has 102 valence electrons. The molecule has 2 aromatic rings. The van der Waals surface area contributed by atoms with E-state index in [4.69, 9.17) is 5.73 Å². The second-order valence-electron chi connectivity index (χ2n) is 5.10. The zero-order valence-electron chi connectivity index (χ0n) is 11.1. The third-order valence-corrected chi connectivity index (χ3v) is 3.68. The molecule has 1 aliphatic heterocycles. The molecule has 2 N–H and O–H groups in total. The van der Waals surface area contributed by atoms with Gasteiger partial charge >= 0.3 is 0 Å². The highest BCUT2D eigenvalue weighted by Crippen LogP contribution is 2.21. The molecule has 0 saturated carbocycles. The van der Waals surface area contributed by atoms with Crippen LogP contribution >= 0.6 is 0 Å². The Morgan fingerprint density at radius 3 is 2.85 bits per heavy atom. The molecule has 3 rings (SSSR count). The Morgan fingerprint density at radius 2 is 2.10 bits per heavy atom. The number of benzene rings is 1. The highest BCUT2D eigenvalue weighted by atomic mass is 15.3. The molecule has 2 heterocycles. The second-order valence-corrected chi connectivity index (χ2v) is 5.10. The quantitative estimate of drug-likeness (QED) is 0.875. The van der Waals surface area contributed by atoms with Crippen molar-refractivity contribution in [1.82, 2.24) is 19.7 Å². The van der Waals surface area contributed by atoms with Gasteiger partial charge in [-0.05, 0) is 5.56 Å². The lowest BCUT2D eigenvalue weighted by Crippen LogP contribution is -2.48. The zero-order valence-corrected chi connectivity index (χ0v) is 11.1. The van der Waals surface area contributed by atoms with Gasteiger partial charge in [0.15, 0.2) is 0 Å². The monoisotopic (exact) mass is 268 g/mol. The van der Waals surface area contributed by atoms with Crippen LogP contribution in [0, 0.1) is 11.3 Å². The highest BCUT2D eigenvalue weighted by Gasteiger charge is 2.31. The van der Waals surface area contributed by atoms with Gasteiger partial charge in [-0.3, -0.25) is 4.90 Å². The number of hydrogen-bond donors (Lipinski definition) is 1. The molecule has 0 saturated heterocycles. The van der Waals surface area contributed by atoms with Crippen molar-refractivity contribution in [1.29, 1.82) is 5.26 Å². The maximum atomic E-state index is 9.49. The number of rotatable bonds is 3. The molecule has 0 bridgehead atoms. The first-order chi connectivity index (χ1) is 9.71. The van der Waals surface area contributed by atoms with Gasteiger partial charge in [-0.15, -0.1) is 10.2 Å². The smallest absolute Gasteiger partial charge is 0.147 e. The van der Waals surface area contributed by atoms with Crippen molar-refractivity contribution >= 4 is 0 Å². The van der Waals surface area contributed by atoms with Gasteiger partial charge in [0.05, 0.1) is 12.6 Å². The molecule has 1 atom stereocenters. The van der Waals surface area contributed by atoms with E-state index in [1.807, 2.05) is 34.9 Å².